The number of piperazine rings is 1. The third-order valence-corrected chi connectivity index (χ3v) is 3.89. The molecule has 1 amide bonds. The molecule has 2 saturated heterocycles. The van der Waals surface area contributed by atoms with E-state index in [2.05, 4.69) is 15.2 Å². The van der Waals surface area contributed by atoms with Gasteiger partial charge in [-0.1, -0.05) is 6.92 Å². The second-order valence-electron chi connectivity index (χ2n) is 4.76. The van der Waals surface area contributed by atoms with Crippen molar-refractivity contribution < 1.29 is 4.79 Å². The van der Waals surface area contributed by atoms with E-state index in [-0.39, 0.29) is 11.9 Å². The van der Waals surface area contributed by atoms with E-state index < -0.39 is 0 Å². The Hall–Kier alpha value is -0.650. The largest absolute Gasteiger partial charge is 0.298 e. The Morgan fingerprint density at radius 3 is 3.00 bits per heavy atom. The highest BCUT2D eigenvalue weighted by atomic mass is 16.2. The molecule has 2 atom stereocenters. The number of nitrogens with one attached hydrogen (secondary N) is 1. The molecule has 0 bridgehead atoms. The summed E-state index contributed by atoms with van der Waals surface area (Å²) in [6, 6.07) is 0.612. The number of carbonyl (C=O) groups is 1. The van der Waals surface area contributed by atoms with Crippen LogP contribution in [0.2, 0.25) is 0 Å². The number of rotatable bonds is 3. The maximum Gasteiger partial charge on any atom is 0.251 e. The molecule has 0 aromatic carbocycles. The van der Waals surface area contributed by atoms with E-state index in [1.807, 2.05) is 6.92 Å². The third kappa shape index (κ3) is 2.21. The summed E-state index contributed by atoms with van der Waals surface area (Å²) in [6.45, 7) is 6.38. The Labute approximate surface area is 96.9 Å². The Morgan fingerprint density at radius 2 is 2.31 bits per heavy atom. The smallest absolute Gasteiger partial charge is 0.251 e. The molecule has 92 valence electrons. The van der Waals surface area contributed by atoms with Gasteiger partial charge in [-0.3, -0.25) is 20.0 Å². The van der Waals surface area contributed by atoms with Crippen LogP contribution in [0.5, 0.6) is 0 Å². The summed E-state index contributed by atoms with van der Waals surface area (Å²) < 4.78 is 0. The van der Waals surface area contributed by atoms with E-state index in [9.17, 15) is 4.79 Å². The van der Waals surface area contributed by atoms with Crippen molar-refractivity contribution in [1.29, 1.82) is 0 Å². The van der Waals surface area contributed by atoms with Gasteiger partial charge in [-0.15, -0.1) is 0 Å². The zero-order chi connectivity index (χ0) is 11.5. The number of amides is 1. The molecule has 5 nitrogen and oxygen atoms in total. The fourth-order valence-corrected chi connectivity index (χ4v) is 3.00. The molecule has 2 aliphatic rings. The predicted octanol–water partition coefficient (Wildman–Crippen LogP) is -0.465. The van der Waals surface area contributed by atoms with Crippen molar-refractivity contribution in [3.8, 4) is 0 Å². The Kier molecular flexibility index (Phi) is 3.78. The number of hydrogen-bond acceptors (Lipinski definition) is 4. The monoisotopic (exact) mass is 226 g/mol. The first-order chi connectivity index (χ1) is 7.76. The van der Waals surface area contributed by atoms with Gasteiger partial charge in [0.05, 0.1) is 6.04 Å². The molecule has 5 heteroatoms. The van der Waals surface area contributed by atoms with Crippen molar-refractivity contribution in [3.05, 3.63) is 0 Å². The maximum atomic E-state index is 11.6. The maximum absolute atomic E-state index is 11.6. The number of fused-ring (bicyclic) bond motifs is 1. The van der Waals surface area contributed by atoms with Crippen LogP contribution in [-0.4, -0.2) is 54.0 Å². The van der Waals surface area contributed by atoms with Crippen LogP contribution < -0.4 is 11.3 Å². The van der Waals surface area contributed by atoms with Crippen LogP contribution in [0.4, 0.5) is 0 Å². The number of nitrogens with two attached hydrogens (primary N) is 1. The molecule has 2 fully saturated rings. The first-order valence-corrected chi connectivity index (χ1v) is 6.24. The Bertz CT molecular complexity index is 258. The lowest BCUT2D eigenvalue weighted by atomic mass is 10.1. The average Bonchev–Trinajstić information content (AvgIpc) is 2.77. The van der Waals surface area contributed by atoms with E-state index in [0.29, 0.717) is 6.04 Å². The van der Waals surface area contributed by atoms with Gasteiger partial charge in [0, 0.05) is 25.7 Å². The van der Waals surface area contributed by atoms with Crippen LogP contribution in [-0.2, 0) is 4.79 Å². The highest BCUT2D eigenvalue weighted by Crippen LogP contribution is 2.23. The summed E-state index contributed by atoms with van der Waals surface area (Å²) in [5.74, 6) is 5.18. The topological polar surface area (TPSA) is 61.6 Å². The van der Waals surface area contributed by atoms with Crippen molar-refractivity contribution in [2.45, 2.75) is 38.3 Å². The van der Waals surface area contributed by atoms with Gasteiger partial charge in [-0.05, 0) is 25.8 Å². The minimum atomic E-state index is -0.0484. The van der Waals surface area contributed by atoms with Crippen LogP contribution >= 0.6 is 0 Å². The summed E-state index contributed by atoms with van der Waals surface area (Å²) in [5.41, 5.74) is 2.28. The number of hydrazine groups is 1. The molecule has 2 rings (SSSR count). The van der Waals surface area contributed by atoms with E-state index in [0.717, 1.165) is 26.1 Å². The molecule has 2 aliphatic heterocycles. The van der Waals surface area contributed by atoms with E-state index in [1.54, 1.807) is 0 Å². The summed E-state index contributed by atoms with van der Waals surface area (Å²) in [6.07, 6.45) is 3.41. The molecular weight excluding hydrogens is 204 g/mol. The van der Waals surface area contributed by atoms with Crippen molar-refractivity contribution in [2.24, 2.45) is 5.84 Å². The zero-order valence-electron chi connectivity index (χ0n) is 9.98. The SMILES string of the molecule is CCC(C(=O)NN)N1CCN2CCCC2C1. The molecule has 0 spiro atoms. The second-order valence-corrected chi connectivity index (χ2v) is 4.76. The normalized spacial score (nSPS) is 28.8. The van der Waals surface area contributed by atoms with Crippen molar-refractivity contribution in [3.63, 3.8) is 0 Å². The fraction of sp³-hybridized carbons (Fsp3) is 0.909. The van der Waals surface area contributed by atoms with Gasteiger partial charge < -0.3 is 0 Å². The molecule has 0 saturated carbocycles. The summed E-state index contributed by atoms with van der Waals surface area (Å²) in [7, 11) is 0. The lowest BCUT2D eigenvalue weighted by molar-refractivity contribution is -0.127. The molecule has 0 aromatic rings. The molecule has 2 heterocycles. The van der Waals surface area contributed by atoms with Crippen molar-refractivity contribution in [2.75, 3.05) is 26.2 Å². The molecular formula is C11H22N4O. The molecule has 0 aliphatic carbocycles. The van der Waals surface area contributed by atoms with Gasteiger partial charge in [0.1, 0.15) is 0 Å². The van der Waals surface area contributed by atoms with Crippen LogP contribution in [0.15, 0.2) is 0 Å². The Balaban J connectivity index is 1.96. The van der Waals surface area contributed by atoms with Gasteiger partial charge in [-0.2, -0.15) is 0 Å². The highest BCUT2D eigenvalue weighted by molar-refractivity contribution is 5.81. The third-order valence-electron chi connectivity index (χ3n) is 3.89. The predicted molar refractivity (Wildman–Crippen MR) is 62.6 cm³/mol. The molecule has 0 aromatic heterocycles. The summed E-state index contributed by atoms with van der Waals surface area (Å²) in [4.78, 5) is 16.5. The first-order valence-electron chi connectivity index (χ1n) is 6.24. The molecule has 3 N–H and O–H groups in total. The standard InChI is InChI=1S/C11H22N4O/c1-2-10(11(16)13-12)15-7-6-14-5-3-4-9(14)8-15/h9-10H,2-8,12H2,1H3,(H,13,16). The minimum absolute atomic E-state index is 0.0473. The van der Waals surface area contributed by atoms with Crippen LogP contribution in [0.3, 0.4) is 0 Å². The van der Waals surface area contributed by atoms with Gasteiger partial charge in [0.25, 0.3) is 5.91 Å². The van der Waals surface area contributed by atoms with Crippen LogP contribution in [0.25, 0.3) is 0 Å². The van der Waals surface area contributed by atoms with Gasteiger partial charge in [0.15, 0.2) is 0 Å². The lowest BCUT2D eigenvalue weighted by Crippen LogP contribution is -2.57. The van der Waals surface area contributed by atoms with Crippen molar-refractivity contribution >= 4 is 5.91 Å². The first kappa shape index (κ1) is 11.8. The number of nitrogens with zero attached hydrogens (tertiary/aromatic N) is 2. The quantitative estimate of drug-likeness (QED) is 0.388. The van der Waals surface area contributed by atoms with Gasteiger partial charge in [0.2, 0.25) is 0 Å². The Morgan fingerprint density at radius 1 is 1.50 bits per heavy atom. The van der Waals surface area contributed by atoms with Crippen molar-refractivity contribution in [1.82, 2.24) is 15.2 Å². The molecule has 16 heavy (non-hydrogen) atoms. The summed E-state index contributed by atoms with van der Waals surface area (Å²) >= 11 is 0. The highest BCUT2D eigenvalue weighted by Gasteiger charge is 2.34. The lowest BCUT2D eigenvalue weighted by Gasteiger charge is -2.40. The van der Waals surface area contributed by atoms with Gasteiger partial charge >= 0.3 is 0 Å². The van der Waals surface area contributed by atoms with E-state index >= 15 is 0 Å². The number of hydrogen-bond donors (Lipinski definition) is 2. The average molecular weight is 226 g/mol. The minimum Gasteiger partial charge on any atom is -0.298 e. The van der Waals surface area contributed by atoms with Gasteiger partial charge in [-0.25, -0.2) is 5.84 Å². The van der Waals surface area contributed by atoms with E-state index in [4.69, 9.17) is 5.84 Å². The van der Waals surface area contributed by atoms with Crippen LogP contribution in [0, 0.1) is 0 Å². The molecule has 2 unspecified atom stereocenters. The van der Waals surface area contributed by atoms with Crippen LogP contribution in [0.1, 0.15) is 26.2 Å². The zero-order valence-corrected chi connectivity index (χ0v) is 9.98. The second kappa shape index (κ2) is 5.12. The fourth-order valence-electron chi connectivity index (χ4n) is 3.00. The molecule has 0 radical (unpaired) electrons. The number of carbonyl (C=O) groups excluding carboxylic acids is 1. The summed E-state index contributed by atoms with van der Waals surface area (Å²) in [5, 5.41) is 0. The van der Waals surface area contributed by atoms with E-state index in [1.165, 1.54) is 19.4 Å².